The van der Waals surface area contributed by atoms with E-state index in [9.17, 15) is 9.59 Å². The molecule has 0 N–H and O–H groups in total. The second kappa shape index (κ2) is 11.8. The first kappa shape index (κ1) is 20.4. The lowest BCUT2D eigenvalue weighted by atomic mass is 9.97. The Morgan fingerprint density at radius 3 is 2.08 bits per heavy atom. The van der Waals surface area contributed by atoms with Crippen molar-refractivity contribution in [2.75, 3.05) is 6.61 Å². The molecule has 0 aliphatic carbocycles. The van der Waals surface area contributed by atoms with Crippen LogP contribution in [0.4, 0.5) is 0 Å². The van der Waals surface area contributed by atoms with Gasteiger partial charge in [-0.2, -0.15) is 0 Å². The molecule has 1 unspecified atom stereocenters. The van der Waals surface area contributed by atoms with Crippen LogP contribution in [0.5, 0.6) is 0 Å². The maximum absolute atomic E-state index is 12.2. The number of esters is 1. The number of hydrogen-bond donors (Lipinski definition) is 0. The van der Waals surface area contributed by atoms with Gasteiger partial charge in [0, 0.05) is 12.0 Å². The van der Waals surface area contributed by atoms with E-state index in [0.717, 1.165) is 24.0 Å². The van der Waals surface area contributed by atoms with Crippen LogP contribution >= 0.6 is 0 Å². The van der Waals surface area contributed by atoms with E-state index in [0.29, 0.717) is 13.0 Å². The SMILES string of the molecule is CCCCCCCCCC(=O)c1ccc(C(C)C(=O)OCC)cc1. The van der Waals surface area contributed by atoms with Gasteiger partial charge in [0.1, 0.15) is 0 Å². The second-order valence-electron chi connectivity index (χ2n) is 6.39. The molecule has 0 amide bonds. The summed E-state index contributed by atoms with van der Waals surface area (Å²) in [4.78, 5) is 23.9. The van der Waals surface area contributed by atoms with Crippen LogP contribution in [-0.2, 0) is 9.53 Å². The summed E-state index contributed by atoms with van der Waals surface area (Å²) in [7, 11) is 0. The van der Waals surface area contributed by atoms with Gasteiger partial charge < -0.3 is 4.74 Å². The van der Waals surface area contributed by atoms with Crippen LogP contribution in [0.3, 0.4) is 0 Å². The Balaban J connectivity index is 2.37. The molecule has 0 radical (unpaired) electrons. The molecular weight excluding hydrogens is 300 g/mol. The minimum absolute atomic E-state index is 0.193. The van der Waals surface area contributed by atoms with Crippen molar-refractivity contribution < 1.29 is 14.3 Å². The van der Waals surface area contributed by atoms with E-state index >= 15 is 0 Å². The fourth-order valence-electron chi connectivity index (χ4n) is 2.75. The summed E-state index contributed by atoms with van der Waals surface area (Å²) in [6.45, 7) is 6.24. The number of ketones is 1. The molecular formula is C21H32O3. The predicted octanol–water partition coefficient (Wildman–Crippen LogP) is 5.68. The van der Waals surface area contributed by atoms with E-state index < -0.39 is 0 Å². The molecule has 1 aromatic carbocycles. The Morgan fingerprint density at radius 2 is 1.50 bits per heavy atom. The van der Waals surface area contributed by atoms with Gasteiger partial charge in [0.05, 0.1) is 12.5 Å². The predicted molar refractivity (Wildman–Crippen MR) is 98.4 cm³/mol. The van der Waals surface area contributed by atoms with Gasteiger partial charge in [-0.05, 0) is 25.8 Å². The summed E-state index contributed by atoms with van der Waals surface area (Å²) in [6, 6.07) is 7.38. The maximum atomic E-state index is 12.2. The van der Waals surface area contributed by atoms with Crippen molar-refractivity contribution in [3.05, 3.63) is 35.4 Å². The zero-order valence-electron chi connectivity index (χ0n) is 15.5. The Labute approximate surface area is 146 Å². The number of carbonyl (C=O) groups is 2. The molecule has 1 atom stereocenters. The number of hydrogen-bond acceptors (Lipinski definition) is 3. The maximum Gasteiger partial charge on any atom is 0.313 e. The summed E-state index contributed by atoms with van der Waals surface area (Å²) in [5.41, 5.74) is 1.63. The summed E-state index contributed by atoms with van der Waals surface area (Å²) in [5.74, 6) is -0.323. The number of unbranched alkanes of at least 4 members (excludes halogenated alkanes) is 6. The second-order valence-corrected chi connectivity index (χ2v) is 6.39. The van der Waals surface area contributed by atoms with Crippen LogP contribution in [0, 0.1) is 0 Å². The van der Waals surface area contributed by atoms with Crippen LogP contribution in [0.1, 0.15) is 94.0 Å². The Bertz CT molecular complexity index is 490. The molecule has 0 saturated heterocycles. The lowest BCUT2D eigenvalue weighted by molar-refractivity contribution is -0.144. The average Bonchev–Trinajstić information content (AvgIpc) is 2.60. The van der Waals surface area contributed by atoms with Gasteiger partial charge in [-0.15, -0.1) is 0 Å². The molecule has 24 heavy (non-hydrogen) atoms. The van der Waals surface area contributed by atoms with Gasteiger partial charge in [-0.1, -0.05) is 69.7 Å². The smallest absolute Gasteiger partial charge is 0.313 e. The normalized spacial score (nSPS) is 12.0. The summed E-state index contributed by atoms with van der Waals surface area (Å²) in [6.07, 6.45) is 9.11. The summed E-state index contributed by atoms with van der Waals surface area (Å²) in [5, 5.41) is 0. The van der Waals surface area contributed by atoms with Crippen molar-refractivity contribution >= 4 is 11.8 Å². The van der Waals surface area contributed by atoms with E-state index in [1.54, 1.807) is 6.92 Å². The Morgan fingerprint density at radius 1 is 0.917 bits per heavy atom. The minimum Gasteiger partial charge on any atom is -0.466 e. The molecule has 1 aromatic rings. The van der Waals surface area contributed by atoms with Crippen molar-refractivity contribution in [3.63, 3.8) is 0 Å². The molecule has 0 aromatic heterocycles. The van der Waals surface area contributed by atoms with E-state index in [-0.39, 0.29) is 17.7 Å². The highest BCUT2D eigenvalue weighted by Gasteiger charge is 2.16. The molecule has 0 bridgehead atoms. The number of ether oxygens (including phenoxy) is 1. The fourth-order valence-corrected chi connectivity index (χ4v) is 2.75. The van der Waals surface area contributed by atoms with Crippen molar-refractivity contribution in [1.82, 2.24) is 0 Å². The van der Waals surface area contributed by atoms with Gasteiger partial charge in [0.2, 0.25) is 0 Å². The molecule has 0 aliphatic heterocycles. The van der Waals surface area contributed by atoms with E-state index in [1.165, 1.54) is 32.1 Å². The van der Waals surface area contributed by atoms with Crippen LogP contribution in [-0.4, -0.2) is 18.4 Å². The van der Waals surface area contributed by atoms with E-state index in [1.807, 2.05) is 31.2 Å². The highest BCUT2D eigenvalue weighted by Crippen LogP contribution is 2.19. The van der Waals surface area contributed by atoms with E-state index in [2.05, 4.69) is 6.92 Å². The molecule has 0 spiro atoms. The van der Waals surface area contributed by atoms with Gasteiger partial charge in [-0.25, -0.2) is 0 Å². The number of Topliss-reactive ketones (excluding diaryl/α,β-unsaturated/α-hetero) is 1. The summed E-state index contributed by atoms with van der Waals surface area (Å²) >= 11 is 0. The third-order valence-corrected chi connectivity index (χ3v) is 4.38. The number of benzene rings is 1. The lowest BCUT2D eigenvalue weighted by Gasteiger charge is -2.11. The largest absolute Gasteiger partial charge is 0.466 e. The van der Waals surface area contributed by atoms with Gasteiger partial charge in [0.25, 0.3) is 0 Å². The zero-order valence-corrected chi connectivity index (χ0v) is 15.5. The Hall–Kier alpha value is -1.64. The van der Waals surface area contributed by atoms with Gasteiger partial charge in [0.15, 0.2) is 5.78 Å². The number of rotatable bonds is 12. The molecule has 0 heterocycles. The topological polar surface area (TPSA) is 43.4 Å². The molecule has 1 rings (SSSR count). The summed E-state index contributed by atoms with van der Waals surface area (Å²) < 4.78 is 5.03. The van der Waals surface area contributed by atoms with Gasteiger partial charge in [-0.3, -0.25) is 9.59 Å². The van der Waals surface area contributed by atoms with Crippen LogP contribution in [0.2, 0.25) is 0 Å². The average molecular weight is 332 g/mol. The number of carbonyl (C=O) groups excluding carboxylic acids is 2. The first-order chi connectivity index (χ1) is 11.6. The molecule has 3 nitrogen and oxygen atoms in total. The minimum atomic E-state index is -0.294. The molecule has 0 fully saturated rings. The fraction of sp³-hybridized carbons (Fsp3) is 0.619. The standard InChI is InChI=1S/C21H32O3/c1-4-6-7-8-9-10-11-12-20(22)19-15-13-18(14-16-19)17(3)21(23)24-5-2/h13-17H,4-12H2,1-3H3. The lowest BCUT2D eigenvalue weighted by Crippen LogP contribution is -2.13. The first-order valence-corrected chi connectivity index (χ1v) is 9.39. The van der Waals surface area contributed by atoms with E-state index in [4.69, 9.17) is 4.74 Å². The molecule has 0 aliphatic rings. The van der Waals surface area contributed by atoms with Gasteiger partial charge >= 0.3 is 5.97 Å². The molecule has 134 valence electrons. The Kier molecular flexibility index (Phi) is 10.1. The van der Waals surface area contributed by atoms with Crippen molar-refractivity contribution in [3.8, 4) is 0 Å². The zero-order chi connectivity index (χ0) is 17.8. The third-order valence-electron chi connectivity index (χ3n) is 4.38. The molecule has 3 heteroatoms. The van der Waals surface area contributed by atoms with Crippen LogP contribution in [0.25, 0.3) is 0 Å². The van der Waals surface area contributed by atoms with Crippen molar-refractivity contribution in [1.29, 1.82) is 0 Å². The quantitative estimate of drug-likeness (QED) is 0.281. The highest BCUT2D eigenvalue weighted by atomic mass is 16.5. The van der Waals surface area contributed by atoms with Crippen LogP contribution < -0.4 is 0 Å². The third kappa shape index (κ3) is 7.29. The molecule has 0 saturated carbocycles. The van der Waals surface area contributed by atoms with Crippen LogP contribution in [0.15, 0.2) is 24.3 Å². The first-order valence-electron chi connectivity index (χ1n) is 9.39. The highest BCUT2D eigenvalue weighted by molar-refractivity contribution is 5.96. The monoisotopic (exact) mass is 332 g/mol. The van der Waals surface area contributed by atoms with Crippen molar-refractivity contribution in [2.45, 2.75) is 78.1 Å². The van der Waals surface area contributed by atoms with Crippen molar-refractivity contribution in [2.24, 2.45) is 0 Å².